The average Bonchev–Trinajstić information content (AvgIpc) is 3.23. The number of benzene rings is 1. The van der Waals surface area contributed by atoms with Crippen molar-refractivity contribution in [3.05, 3.63) is 83.0 Å². The van der Waals surface area contributed by atoms with Gasteiger partial charge >= 0.3 is 0 Å². The van der Waals surface area contributed by atoms with Gasteiger partial charge in [-0.1, -0.05) is 18.2 Å². The van der Waals surface area contributed by atoms with Gasteiger partial charge in [0.05, 0.1) is 17.8 Å². The number of para-hydroxylation sites is 1. The van der Waals surface area contributed by atoms with Crippen LogP contribution < -0.4 is 10.5 Å². The Kier molecular flexibility index (Phi) is 4.75. The molecule has 1 aliphatic rings. The number of hydrogen-bond donors (Lipinski definition) is 0. The van der Waals surface area contributed by atoms with Crippen LogP contribution in [0, 0.1) is 6.92 Å². The lowest BCUT2D eigenvalue weighted by molar-refractivity contribution is 0.491. The maximum absolute atomic E-state index is 12.6. The molecule has 3 aromatic heterocycles. The average molecular weight is 397 g/mol. The molecule has 1 saturated heterocycles. The van der Waals surface area contributed by atoms with Gasteiger partial charge in [0.25, 0.3) is 5.56 Å². The molecule has 1 unspecified atom stereocenters. The summed E-state index contributed by atoms with van der Waals surface area (Å²) in [6.45, 7) is 3.57. The first-order valence-corrected chi connectivity index (χ1v) is 10.3. The largest absolute Gasteiger partial charge is 0.366 e. The van der Waals surface area contributed by atoms with Crippen LogP contribution in [0.25, 0.3) is 22.2 Å². The van der Waals surface area contributed by atoms with Gasteiger partial charge < -0.3 is 4.90 Å². The lowest BCUT2D eigenvalue weighted by Gasteiger charge is -2.28. The van der Waals surface area contributed by atoms with Crippen LogP contribution >= 0.6 is 0 Å². The number of nitrogens with zero attached hydrogens (tertiary/aromatic N) is 5. The molecule has 0 N–H and O–H groups in total. The standard InChI is InChI=1S/C24H23N5O/c1-17-15-23(20-6-2-3-7-22(20)26-17)28-14-4-5-19(28)16-29-24(30)9-8-21(27-29)18-10-12-25-13-11-18/h2-3,6-13,15,19H,4-5,14,16H2,1H3. The highest BCUT2D eigenvalue weighted by molar-refractivity contribution is 5.92. The van der Waals surface area contributed by atoms with E-state index in [4.69, 9.17) is 0 Å². The van der Waals surface area contributed by atoms with Crippen molar-refractivity contribution in [3.63, 3.8) is 0 Å². The Hall–Kier alpha value is -3.54. The maximum Gasteiger partial charge on any atom is 0.266 e. The summed E-state index contributed by atoms with van der Waals surface area (Å²) in [6, 6.07) is 17.8. The molecule has 6 nitrogen and oxygen atoms in total. The molecule has 0 radical (unpaired) electrons. The number of pyridine rings is 2. The predicted octanol–water partition coefficient (Wildman–Crippen LogP) is 3.83. The zero-order valence-electron chi connectivity index (χ0n) is 16.9. The number of aryl methyl sites for hydroxylation is 1. The molecule has 4 heterocycles. The van der Waals surface area contributed by atoms with Gasteiger partial charge in [-0.2, -0.15) is 5.10 Å². The second-order valence-corrected chi connectivity index (χ2v) is 7.76. The van der Waals surface area contributed by atoms with Crippen molar-refractivity contribution in [3.8, 4) is 11.3 Å². The molecule has 0 amide bonds. The Morgan fingerprint density at radius 2 is 1.90 bits per heavy atom. The summed E-state index contributed by atoms with van der Waals surface area (Å²) in [6.07, 6.45) is 5.60. The van der Waals surface area contributed by atoms with E-state index >= 15 is 0 Å². The molecule has 0 saturated carbocycles. The second-order valence-electron chi connectivity index (χ2n) is 7.76. The summed E-state index contributed by atoms with van der Waals surface area (Å²) in [5.74, 6) is 0. The molecule has 5 rings (SSSR count). The fourth-order valence-electron chi connectivity index (χ4n) is 4.32. The Balaban J connectivity index is 1.50. The minimum Gasteiger partial charge on any atom is -0.366 e. The van der Waals surface area contributed by atoms with E-state index in [0.29, 0.717) is 6.54 Å². The SMILES string of the molecule is Cc1cc(N2CCCC2Cn2nc(-c3ccncc3)ccc2=O)c2ccccc2n1. The molecule has 4 aromatic rings. The maximum atomic E-state index is 12.6. The van der Waals surface area contributed by atoms with Gasteiger partial charge in [0, 0.05) is 53.4 Å². The van der Waals surface area contributed by atoms with Gasteiger partial charge in [-0.3, -0.25) is 14.8 Å². The number of anilines is 1. The van der Waals surface area contributed by atoms with Crippen molar-refractivity contribution in [2.24, 2.45) is 0 Å². The minimum atomic E-state index is -0.0737. The van der Waals surface area contributed by atoms with Crippen LogP contribution in [0.15, 0.2) is 71.8 Å². The summed E-state index contributed by atoms with van der Waals surface area (Å²) in [7, 11) is 0. The normalized spacial score (nSPS) is 16.3. The topological polar surface area (TPSA) is 63.9 Å². The number of fused-ring (bicyclic) bond motifs is 1. The van der Waals surface area contributed by atoms with E-state index in [1.165, 1.54) is 5.69 Å². The Bertz CT molecular complexity index is 1250. The summed E-state index contributed by atoms with van der Waals surface area (Å²) >= 11 is 0. The Morgan fingerprint density at radius 3 is 2.77 bits per heavy atom. The first-order valence-electron chi connectivity index (χ1n) is 10.3. The molecular formula is C24H23N5O. The third-order valence-electron chi connectivity index (χ3n) is 5.74. The van der Waals surface area contributed by atoms with Crippen LogP contribution in [0.4, 0.5) is 5.69 Å². The van der Waals surface area contributed by atoms with Gasteiger partial charge in [-0.05, 0) is 50.1 Å². The zero-order chi connectivity index (χ0) is 20.5. The molecule has 6 heteroatoms. The summed E-state index contributed by atoms with van der Waals surface area (Å²) in [5.41, 5.74) is 4.87. The van der Waals surface area contributed by atoms with E-state index in [-0.39, 0.29) is 11.6 Å². The number of aromatic nitrogens is 4. The van der Waals surface area contributed by atoms with Crippen molar-refractivity contribution in [1.29, 1.82) is 0 Å². The lowest BCUT2D eigenvalue weighted by Crippen LogP contribution is -2.37. The highest BCUT2D eigenvalue weighted by Crippen LogP contribution is 2.32. The Morgan fingerprint density at radius 1 is 1.07 bits per heavy atom. The van der Waals surface area contributed by atoms with E-state index < -0.39 is 0 Å². The van der Waals surface area contributed by atoms with Gasteiger partial charge in [-0.15, -0.1) is 0 Å². The highest BCUT2D eigenvalue weighted by atomic mass is 16.1. The lowest BCUT2D eigenvalue weighted by atomic mass is 10.1. The molecule has 30 heavy (non-hydrogen) atoms. The second kappa shape index (κ2) is 7.71. The minimum absolute atomic E-state index is 0.0737. The fraction of sp³-hybridized carbons (Fsp3) is 0.250. The van der Waals surface area contributed by atoms with E-state index in [9.17, 15) is 4.79 Å². The molecular weight excluding hydrogens is 374 g/mol. The quantitative estimate of drug-likeness (QED) is 0.524. The van der Waals surface area contributed by atoms with E-state index in [1.807, 2.05) is 25.1 Å². The van der Waals surface area contributed by atoms with E-state index in [2.05, 4.69) is 44.2 Å². The number of hydrogen-bond acceptors (Lipinski definition) is 5. The first kappa shape index (κ1) is 18.5. The van der Waals surface area contributed by atoms with Crippen LogP contribution in [0.1, 0.15) is 18.5 Å². The van der Waals surface area contributed by atoms with E-state index in [1.54, 1.807) is 29.2 Å². The highest BCUT2D eigenvalue weighted by Gasteiger charge is 2.27. The van der Waals surface area contributed by atoms with Crippen molar-refractivity contribution in [1.82, 2.24) is 19.7 Å². The molecule has 150 valence electrons. The summed E-state index contributed by atoms with van der Waals surface area (Å²) < 4.78 is 1.61. The molecule has 1 fully saturated rings. The molecule has 1 aliphatic heterocycles. The molecule has 1 aromatic carbocycles. The molecule has 0 spiro atoms. The van der Waals surface area contributed by atoms with Crippen LogP contribution in [-0.4, -0.2) is 32.3 Å². The molecule has 1 atom stereocenters. The molecule has 0 bridgehead atoms. The van der Waals surface area contributed by atoms with Crippen LogP contribution in [0.5, 0.6) is 0 Å². The van der Waals surface area contributed by atoms with Crippen molar-refractivity contribution < 1.29 is 0 Å². The third kappa shape index (κ3) is 3.45. The molecule has 0 aliphatic carbocycles. The number of rotatable bonds is 4. The monoisotopic (exact) mass is 397 g/mol. The zero-order valence-corrected chi connectivity index (χ0v) is 16.9. The van der Waals surface area contributed by atoms with Gasteiger partial charge in [-0.25, -0.2) is 4.68 Å². The van der Waals surface area contributed by atoms with Crippen molar-refractivity contribution >= 4 is 16.6 Å². The van der Waals surface area contributed by atoms with E-state index in [0.717, 1.165) is 47.2 Å². The van der Waals surface area contributed by atoms with Crippen LogP contribution in [0.3, 0.4) is 0 Å². The first-order chi connectivity index (χ1) is 14.7. The van der Waals surface area contributed by atoms with Crippen LogP contribution in [-0.2, 0) is 6.54 Å². The summed E-state index contributed by atoms with van der Waals surface area (Å²) in [5, 5.41) is 5.80. The Labute approximate surface area is 174 Å². The van der Waals surface area contributed by atoms with Crippen molar-refractivity contribution in [2.45, 2.75) is 32.4 Å². The summed E-state index contributed by atoms with van der Waals surface area (Å²) in [4.78, 5) is 23.7. The van der Waals surface area contributed by atoms with Gasteiger partial charge in [0.1, 0.15) is 0 Å². The van der Waals surface area contributed by atoms with Crippen LogP contribution in [0.2, 0.25) is 0 Å². The smallest absolute Gasteiger partial charge is 0.266 e. The third-order valence-corrected chi connectivity index (χ3v) is 5.74. The predicted molar refractivity (Wildman–Crippen MR) is 119 cm³/mol. The van der Waals surface area contributed by atoms with Crippen molar-refractivity contribution in [2.75, 3.05) is 11.4 Å². The van der Waals surface area contributed by atoms with Gasteiger partial charge in [0.2, 0.25) is 0 Å². The fourth-order valence-corrected chi connectivity index (χ4v) is 4.32. The van der Waals surface area contributed by atoms with Gasteiger partial charge in [0.15, 0.2) is 0 Å².